The van der Waals surface area contributed by atoms with Crippen LogP contribution < -0.4 is 10.5 Å². The highest BCUT2D eigenvalue weighted by atomic mass is 16.2. The van der Waals surface area contributed by atoms with Crippen molar-refractivity contribution in [1.29, 1.82) is 0 Å². The summed E-state index contributed by atoms with van der Waals surface area (Å²) in [6.45, 7) is 6.60. The van der Waals surface area contributed by atoms with Crippen molar-refractivity contribution >= 4 is 23.0 Å². The Labute approximate surface area is 169 Å². The second-order valence-corrected chi connectivity index (χ2v) is 7.70. The van der Waals surface area contributed by atoms with Crippen LogP contribution in [0.15, 0.2) is 64.4 Å². The number of benzene rings is 2. The molecule has 1 aliphatic rings. The standard InChI is InChI=1S/C23H24N4O2/c1-15(2)14-26-19-13-9-8-12-18(19)21(22(26)28)24-20-16(3)25(4)27(23(20)29)17-10-6-5-7-11-17/h5-13,15H,14H2,1-4H3. The van der Waals surface area contributed by atoms with Crippen molar-refractivity contribution < 1.29 is 4.79 Å². The zero-order valence-electron chi connectivity index (χ0n) is 17.1. The Hall–Kier alpha value is -3.41. The Bertz CT molecular complexity index is 1170. The third-order valence-corrected chi connectivity index (χ3v) is 5.19. The van der Waals surface area contributed by atoms with E-state index in [0.717, 1.165) is 16.9 Å². The molecule has 2 heterocycles. The molecule has 0 radical (unpaired) electrons. The van der Waals surface area contributed by atoms with Gasteiger partial charge in [-0.05, 0) is 31.0 Å². The van der Waals surface area contributed by atoms with Gasteiger partial charge in [0.25, 0.3) is 11.5 Å². The smallest absolute Gasteiger partial charge is 0.297 e. The molecule has 6 heteroatoms. The average Bonchev–Trinajstić information content (AvgIpc) is 3.09. The molecule has 0 aliphatic carbocycles. The average molecular weight is 388 g/mol. The van der Waals surface area contributed by atoms with Gasteiger partial charge in [-0.1, -0.05) is 50.2 Å². The lowest BCUT2D eigenvalue weighted by Crippen LogP contribution is -2.33. The number of hydrogen-bond donors (Lipinski definition) is 0. The summed E-state index contributed by atoms with van der Waals surface area (Å²) in [4.78, 5) is 32.7. The van der Waals surface area contributed by atoms with Crippen LogP contribution >= 0.6 is 0 Å². The summed E-state index contributed by atoms with van der Waals surface area (Å²) in [7, 11) is 1.82. The minimum atomic E-state index is -0.240. The molecular weight excluding hydrogens is 364 g/mol. The highest BCUT2D eigenvalue weighted by molar-refractivity contribution is 6.54. The summed E-state index contributed by atoms with van der Waals surface area (Å²) in [6.07, 6.45) is 0. The summed E-state index contributed by atoms with van der Waals surface area (Å²) < 4.78 is 3.35. The topological polar surface area (TPSA) is 59.6 Å². The lowest BCUT2D eigenvalue weighted by Gasteiger charge is -2.18. The molecule has 148 valence electrons. The van der Waals surface area contributed by atoms with Crippen LogP contribution in [0.5, 0.6) is 0 Å². The van der Waals surface area contributed by atoms with E-state index in [1.54, 1.807) is 14.3 Å². The minimum Gasteiger partial charge on any atom is -0.306 e. The number of nitrogens with zero attached hydrogens (tertiary/aromatic N) is 4. The number of rotatable bonds is 4. The molecule has 0 atom stereocenters. The van der Waals surface area contributed by atoms with Gasteiger partial charge in [-0.3, -0.25) is 14.3 Å². The number of aliphatic imine (C=N–C) groups is 1. The number of aromatic nitrogens is 2. The summed E-state index contributed by atoms with van der Waals surface area (Å²) in [5, 5.41) is 0. The molecule has 0 N–H and O–H groups in total. The first-order valence-corrected chi connectivity index (χ1v) is 9.74. The Kier molecular flexibility index (Phi) is 4.70. The van der Waals surface area contributed by atoms with E-state index in [2.05, 4.69) is 18.8 Å². The van der Waals surface area contributed by atoms with Gasteiger partial charge in [0.2, 0.25) is 0 Å². The van der Waals surface area contributed by atoms with Crippen LogP contribution in [-0.2, 0) is 11.8 Å². The number of para-hydroxylation sites is 2. The molecule has 0 unspecified atom stereocenters. The van der Waals surface area contributed by atoms with Crippen LogP contribution in [-0.4, -0.2) is 27.5 Å². The molecular formula is C23H24N4O2. The molecule has 6 nitrogen and oxygen atoms in total. The second kappa shape index (κ2) is 7.20. The third-order valence-electron chi connectivity index (χ3n) is 5.19. The number of fused-ring (bicyclic) bond motifs is 1. The van der Waals surface area contributed by atoms with Gasteiger partial charge < -0.3 is 4.90 Å². The van der Waals surface area contributed by atoms with E-state index in [-0.39, 0.29) is 11.5 Å². The first kappa shape index (κ1) is 18.9. The van der Waals surface area contributed by atoms with Crippen LogP contribution in [0.1, 0.15) is 25.1 Å². The summed E-state index contributed by atoms with van der Waals surface area (Å²) in [5.74, 6) is 0.161. The van der Waals surface area contributed by atoms with Gasteiger partial charge in [-0.15, -0.1) is 0 Å². The highest BCUT2D eigenvalue weighted by Gasteiger charge is 2.34. The maximum Gasteiger partial charge on any atom is 0.297 e. The number of amides is 1. The van der Waals surface area contributed by atoms with Crippen molar-refractivity contribution in [2.45, 2.75) is 20.8 Å². The highest BCUT2D eigenvalue weighted by Crippen LogP contribution is 2.31. The molecule has 0 fully saturated rings. The number of hydrogen-bond acceptors (Lipinski definition) is 3. The number of carbonyl (C=O) groups excluding carboxylic acids is 1. The van der Waals surface area contributed by atoms with E-state index in [9.17, 15) is 9.59 Å². The summed E-state index contributed by atoms with van der Waals surface area (Å²) >= 11 is 0. The van der Waals surface area contributed by atoms with Crippen molar-refractivity contribution in [3.05, 3.63) is 76.2 Å². The lowest BCUT2D eigenvalue weighted by molar-refractivity contribution is -0.112. The van der Waals surface area contributed by atoms with E-state index in [1.807, 2.05) is 68.6 Å². The van der Waals surface area contributed by atoms with Crippen LogP contribution in [0.4, 0.5) is 11.4 Å². The van der Waals surface area contributed by atoms with Crippen LogP contribution in [0.25, 0.3) is 5.69 Å². The van der Waals surface area contributed by atoms with Gasteiger partial charge in [-0.2, -0.15) is 0 Å². The Morgan fingerprint density at radius 2 is 1.62 bits per heavy atom. The van der Waals surface area contributed by atoms with Gasteiger partial charge >= 0.3 is 0 Å². The van der Waals surface area contributed by atoms with Crippen molar-refractivity contribution in [2.24, 2.45) is 18.0 Å². The third kappa shape index (κ3) is 3.10. The molecule has 0 saturated heterocycles. The summed E-state index contributed by atoms with van der Waals surface area (Å²) in [5.41, 5.74) is 3.46. The van der Waals surface area contributed by atoms with E-state index >= 15 is 0 Å². The molecule has 4 rings (SSSR count). The van der Waals surface area contributed by atoms with E-state index < -0.39 is 0 Å². The number of anilines is 1. The molecule has 3 aromatic rings. The molecule has 0 saturated carbocycles. The van der Waals surface area contributed by atoms with Gasteiger partial charge in [0.05, 0.1) is 17.1 Å². The van der Waals surface area contributed by atoms with Gasteiger partial charge in [-0.25, -0.2) is 9.67 Å². The SMILES string of the molecule is Cc1c(N=C2C(=O)N(CC(C)C)c3ccccc32)c(=O)n(-c2ccccc2)n1C. The van der Waals surface area contributed by atoms with Crippen molar-refractivity contribution in [3.63, 3.8) is 0 Å². The zero-order chi connectivity index (χ0) is 20.7. The van der Waals surface area contributed by atoms with Crippen molar-refractivity contribution in [1.82, 2.24) is 9.36 Å². The van der Waals surface area contributed by atoms with Crippen LogP contribution in [0.2, 0.25) is 0 Å². The minimum absolute atomic E-state index is 0.159. The fourth-order valence-electron chi connectivity index (χ4n) is 3.71. The molecule has 0 spiro atoms. The first-order valence-electron chi connectivity index (χ1n) is 9.74. The van der Waals surface area contributed by atoms with Crippen molar-refractivity contribution in [2.75, 3.05) is 11.4 Å². The number of carbonyl (C=O) groups is 1. The van der Waals surface area contributed by atoms with E-state index in [4.69, 9.17) is 0 Å². The maximum atomic E-state index is 13.2. The molecule has 2 aromatic carbocycles. The van der Waals surface area contributed by atoms with Crippen LogP contribution in [0, 0.1) is 12.8 Å². The normalized spacial score (nSPS) is 14.9. The zero-order valence-corrected chi connectivity index (χ0v) is 17.1. The monoisotopic (exact) mass is 388 g/mol. The molecule has 1 aliphatic heterocycles. The Morgan fingerprint density at radius 3 is 2.31 bits per heavy atom. The second-order valence-electron chi connectivity index (χ2n) is 7.70. The van der Waals surface area contributed by atoms with E-state index in [0.29, 0.717) is 29.6 Å². The molecule has 1 aromatic heterocycles. The fraction of sp³-hybridized carbons (Fsp3) is 0.261. The fourth-order valence-corrected chi connectivity index (χ4v) is 3.71. The lowest BCUT2D eigenvalue weighted by atomic mass is 10.1. The Balaban J connectivity index is 1.88. The first-order chi connectivity index (χ1) is 13.9. The predicted molar refractivity (Wildman–Crippen MR) is 116 cm³/mol. The summed E-state index contributed by atoms with van der Waals surface area (Å²) in [6, 6.07) is 17.0. The van der Waals surface area contributed by atoms with E-state index in [1.165, 1.54) is 0 Å². The molecule has 1 amide bonds. The maximum absolute atomic E-state index is 13.2. The van der Waals surface area contributed by atoms with Crippen molar-refractivity contribution in [3.8, 4) is 5.69 Å². The van der Waals surface area contributed by atoms with Crippen LogP contribution in [0.3, 0.4) is 0 Å². The van der Waals surface area contributed by atoms with Gasteiger partial charge in [0.1, 0.15) is 5.71 Å². The van der Waals surface area contributed by atoms with Gasteiger partial charge in [0, 0.05) is 19.2 Å². The predicted octanol–water partition coefficient (Wildman–Crippen LogP) is 3.61. The Morgan fingerprint density at radius 1 is 0.966 bits per heavy atom. The van der Waals surface area contributed by atoms with Gasteiger partial charge in [0.15, 0.2) is 5.69 Å². The molecule has 0 bridgehead atoms. The quantitative estimate of drug-likeness (QED) is 0.686. The largest absolute Gasteiger partial charge is 0.306 e. The molecule has 29 heavy (non-hydrogen) atoms.